The summed E-state index contributed by atoms with van der Waals surface area (Å²) in [5.74, 6) is -1.18. The van der Waals surface area contributed by atoms with E-state index in [4.69, 9.17) is 14.2 Å². The monoisotopic (exact) mass is 174 g/mol. The third-order valence-corrected chi connectivity index (χ3v) is 2.12. The number of ether oxygens (including phenoxy) is 3. The summed E-state index contributed by atoms with van der Waals surface area (Å²) >= 11 is 0. The molecule has 0 heterocycles. The molecule has 0 radical (unpaired) electrons. The Morgan fingerprint density at radius 1 is 1.50 bits per heavy atom. The van der Waals surface area contributed by atoms with Crippen LogP contribution in [0.5, 0.6) is 0 Å². The van der Waals surface area contributed by atoms with Gasteiger partial charge in [-0.2, -0.15) is 0 Å². The smallest absolute Gasteiger partial charge is 0.314 e. The Labute approximate surface area is 71.8 Å². The fourth-order valence-electron chi connectivity index (χ4n) is 1.27. The molecule has 0 aromatic rings. The van der Waals surface area contributed by atoms with Crippen molar-refractivity contribution < 1.29 is 19.0 Å². The zero-order chi connectivity index (χ0) is 9.19. The fourth-order valence-corrected chi connectivity index (χ4v) is 1.27. The molecule has 0 amide bonds. The predicted molar refractivity (Wildman–Crippen MR) is 41.5 cm³/mol. The van der Waals surface area contributed by atoms with Gasteiger partial charge < -0.3 is 14.2 Å². The minimum absolute atomic E-state index is 0.235. The summed E-state index contributed by atoms with van der Waals surface area (Å²) in [5.41, 5.74) is 0. The minimum atomic E-state index is -0.702. The van der Waals surface area contributed by atoms with E-state index in [-0.39, 0.29) is 11.9 Å². The van der Waals surface area contributed by atoms with Crippen molar-refractivity contribution in [3.05, 3.63) is 0 Å². The van der Waals surface area contributed by atoms with E-state index in [1.54, 1.807) is 6.92 Å². The summed E-state index contributed by atoms with van der Waals surface area (Å²) in [6.07, 6.45) is 0.596. The lowest BCUT2D eigenvalue weighted by Gasteiger charge is -2.12. The number of carbonyl (C=O) groups is 1. The molecule has 0 N–H and O–H groups in total. The molecular weight excluding hydrogens is 160 g/mol. The quantitative estimate of drug-likeness (QED) is 0.461. The van der Waals surface area contributed by atoms with Crippen LogP contribution in [0.15, 0.2) is 0 Å². The van der Waals surface area contributed by atoms with Gasteiger partial charge in [-0.1, -0.05) is 0 Å². The zero-order valence-electron chi connectivity index (χ0n) is 7.62. The Bertz CT molecular complexity index is 174. The van der Waals surface area contributed by atoms with Crippen molar-refractivity contribution in [3.63, 3.8) is 0 Å². The van der Waals surface area contributed by atoms with Crippen molar-refractivity contribution in [2.24, 2.45) is 5.92 Å². The maximum atomic E-state index is 11.2. The summed E-state index contributed by atoms with van der Waals surface area (Å²) in [6.45, 7) is 2.18. The molecule has 1 rings (SSSR count). The zero-order valence-corrected chi connectivity index (χ0v) is 7.62. The van der Waals surface area contributed by atoms with Gasteiger partial charge in [-0.15, -0.1) is 0 Å². The molecule has 1 aliphatic carbocycles. The largest absolute Gasteiger partial charge is 0.466 e. The summed E-state index contributed by atoms with van der Waals surface area (Å²) < 4.78 is 14.9. The third-order valence-electron chi connectivity index (χ3n) is 2.12. The highest BCUT2D eigenvalue weighted by Crippen LogP contribution is 2.47. The number of carbonyl (C=O) groups excluding carboxylic acids is 1. The van der Waals surface area contributed by atoms with Crippen LogP contribution in [-0.2, 0) is 19.0 Å². The van der Waals surface area contributed by atoms with E-state index >= 15 is 0 Å². The number of esters is 1. The molecular formula is C8H14O4. The highest BCUT2D eigenvalue weighted by molar-refractivity contribution is 5.77. The molecule has 0 bridgehead atoms. The molecule has 12 heavy (non-hydrogen) atoms. The normalized spacial score (nSPS) is 25.1. The van der Waals surface area contributed by atoms with Crippen LogP contribution in [0.25, 0.3) is 0 Å². The second-order valence-corrected chi connectivity index (χ2v) is 2.73. The maximum Gasteiger partial charge on any atom is 0.314 e. The lowest BCUT2D eigenvalue weighted by Crippen LogP contribution is -2.22. The van der Waals surface area contributed by atoms with Gasteiger partial charge in [-0.25, -0.2) is 0 Å². The van der Waals surface area contributed by atoms with Crippen molar-refractivity contribution >= 4 is 5.97 Å². The van der Waals surface area contributed by atoms with Gasteiger partial charge in [0.25, 0.3) is 0 Å². The first-order chi connectivity index (χ1) is 5.70. The van der Waals surface area contributed by atoms with Crippen LogP contribution < -0.4 is 0 Å². The predicted octanol–water partition coefficient (Wildman–Crippen LogP) is 0.558. The maximum absolute atomic E-state index is 11.2. The van der Waals surface area contributed by atoms with Crippen molar-refractivity contribution in [1.29, 1.82) is 0 Å². The molecule has 0 aromatic heterocycles. The van der Waals surface area contributed by atoms with Crippen LogP contribution >= 0.6 is 0 Å². The standard InChI is InChI=1S/C8H14O4/c1-4-12-7(9)6-5-8(6,10-2)11-3/h6H,4-5H2,1-3H3. The van der Waals surface area contributed by atoms with E-state index in [0.29, 0.717) is 13.0 Å². The van der Waals surface area contributed by atoms with Gasteiger partial charge in [0.15, 0.2) is 5.79 Å². The second kappa shape index (κ2) is 3.41. The Morgan fingerprint density at radius 2 is 2.08 bits per heavy atom. The van der Waals surface area contributed by atoms with Gasteiger partial charge in [0, 0.05) is 20.6 Å². The Balaban J connectivity index is 2.43. The van der Waals surface area contributed by atoms with Crippen LogP contribution in [0.2, 0.25) is 0 Å². The van der Waals surface area contributed by atoms with E-state index in [2.05, 4.69) is 0 Å². The lowest BCUT2D eigenvalue weighted by atomic mass is 10.4. The van der Waals surface area contributed by atoms with Gasteiger partial charge in [0.2, 0.25) is 0 Å². The lowest BCUT2D eigenvalue weighted by molar-refractivity contribution is -0.165. The first-order valence-electron chi connectivity index (χ1n) is 3.97. The molecule has 1 atom stereocenters. The Hall–Kier alpha value is -0.610. The van der Waals surface area contributed by atoms with Crippen LogP contribution in [0.3, 0.4) is 0 Å². The number of rotatable bonds is 4. The van der Waals surface area contributed by atoms with Crippen molar-refractivity contribution in [2.45, 2.75) is 19.1 Å². The summed E-state index contributed by atoms with van der Waals surface area (Å²) in [6, 6.07) is 0. The molecule has 0 aromatic carbocycles. The van der Waals surface area contributed by atoms with Crippen LogP contribution in [-0.4, -0.2) is 32.6 Å². The Kier molecular flexibility index (Phi) is 2.69. The van der Waals surface area contributed by atoms with Crippen LogP contribution in [0.4, 0.5) is 0 Å². The first kappa shape index (κ1) is 9.48. The highest BCUT2D eigenvalue weighted by atomic mass is 16.7. The molecule has 0 saturated heterocycles. The van der Waals surface area contributed by atoms with Gasteiger partial charge in [-0.05, 0) is 6.92 Å². The number of methoxy groups -OCH3 is 2. The van der Waals surface area contributed by atoms with Gasteiger partial charge in [0.05, 0.1) is 6.61 Å². The molecule has 70 valence electrons. The molecule has 0 spiro atoms. The first-order valence-corrected chi connectivity index (χ1v) is 3.97. The van der Waals surface area contributed by atoms with Gasteiger partial charge >= 0.3 is 5.97 Å². The van der Waals surface area contributed by atoms with Gasteiger partial charge in [0.1, 0.15) is 5.92 Å². The van der Waals surface area contributed by atoms with E-state index in [0.717, 1.165) is 0 Å². The van der Waals surface area contributed by atoms with Crippen LogP contribution in [0, 0.1) is 5.92 Å². The molecule has 0 aliphatic heterocycles. The fraction of sp³-hybridized carbons (Fsp3) is 0.875. The molecule has 4 nitrogen and oxygen atoms in total. The van der Waals surface area contributed by atoms with Crippen molar-refractivity contribution in [1.82, 2.24) is 0 Å². The van der Waals surface area contributed by atoms with Crippen molar-refractivity contribution in [3.8, 4) is 0 Å². The molecule has 4 heteroatoms. The van der Waals surface area contributed by atoms with Gasteiger partial charge in [-0.3, -0.25) is 4.79 Å². The third kappa shape index (κ3) is 1.44. The molecule has 1 fully saturated rings. The molecule has 1 aliphatic rings. The SMILES string of the molecule is CCOC(=O)C1CC1(OC)OC. The average Bonchev–Trinajstić information content (AvgIpc) is 2.80. The minimum Gasteiger partial charge on any atom is -0.466 e. The number of hydrogen-bond acceptors (Lipinski definition) is 4. The Morgan fingerprint density at radius 3 is 2.42 bits per heavy atom. The highest BCUT2D eigenvalue weighted by Gasteiger charge is 2.61. The molecule has 1 unspecified atom stereocenters. The number of hydrogen-bond donors (Lipinski definition) is 0. The average molecular weight is 174 g/mol. The summed E-state index contributed by atoms with van der Waals surface area (Å²) in [5, 5.41) is 0. The molecule has 1 saturated carbocycles. The van der Waals surface area contributed by atoms with Crippen LogP contribution in [0.1, 0.15) is 13.3 Å². The van der Waals surface area contributed by atoms with Crippen molar-refractivity contribution in [2.75, 3.05) is 20.8 Å². The summed E-state index contributed by atoms with van der Waals surface area (Å²) in [4.78, 5) is 11.2. The topological polar surface area (TPSA) is 44.8 Å². The van der Waals surface area contributed by atoms with E-state index in [1.165, 1.54) is 14.2 Å². The van der Waals surface area contributed by atoms with E-state index in [1.807, 2.05) is 0 Å². The van der Waals surface area contributed by atoms with E-state index in [9.17, 15) is 4.79 Å². The second-order valence-electron chi connectivity index (χ2n) is 2.73. The summed E-state index contributed by atoms with van der Waals surface area (Å²) in [7, 11) is 3.06. The van der Waals surface area contributed by atoms with E-state index < -0.39 is 5.79 Å².